The van der Waals surface area contributed by atoms with Crippen LogP contribution in [0.1, 0.15) is 48.0 Å². The van der Waals surface area contributed by atoms with Crippen molar-refractivity contribution in [3.8, 4) is 0 Å². The fourth-order valence-electron chi connectivity index (χ4n) is 3.54. The fourth-order valence-corrected chi connectivity index (χ4v) is 3.54. The summed E-state index contributed by atoms with van der Waals surface area (Å²) in [5.74, 6) is 0. The van der Waals surface area contributed by atoms with Crippen molar-refractivity contribution in [1.29, 1.82) is 0 Å². The molecule has 2 aromatic heterocycles. The quantitative estimate of drug-likeness (QED) is 0.581. The van der Waals surface area contributed by atoms with E-state index >= 15 is 0 Å². The Hall–Kier alpha value is -2.46. The molecule has 27 heavy (non-hydrogen) atoms. The van der Waals surface area contributed by atoms with Gasteiger partial charge in [0.05, 0.1) is 5.69 Å². The standard InChI is InChI=1S/C23H30N4/c1-18(2)27-20(4)23(19(3)25-27)17-26(16-22-10-13-24-14-11-22)15-12-21-8-6-5-7-9-21/h5-11,13-14,18H,12,15-17H2,1-4H3. The zero-order valence-electron chi connectivity index (χ0n) is 16.9. The Morgan fingerprint density at radius 2 is 1.63 bits per heavy atom. The van der Waals surface area contributed by atoms with Gasteiger partial charge >= 0.3 is 0 Å². The molecule has 0 bridgehead atoms. The number of benzene rings is 1. The van der Waals surface area contributed by atoms with E-state index < -0.39 is 0 Å². The van der Waals surface area contributed by atoms with Crippen LogP contribution in [0.4, 0.5) is 0 Å². The molecule has 3 aromatic rings. The van der Waals surface area contributed by atoms with Gasteiger partial charge in [0.25, 0.3) is 0 Å². The van der Waals surface area contributed by atoms with E-state index in [9.17, 15) is 0 Å². The minimum absolute atomic E-state index is 0.385. The Kier molecular flexibility index (Phi) is 6.40. The summed E-state index contributed by atoms with van der Waals surface area (Å²) in [7, 11) is 0. The van der Waals surface area contributed by atoms with Gasteiger partial charge in [-0.05, 0) is 57.4 Å². The lowest BCUT2D eigenvalue weighted by Gasteiger charge is -2.23. The molecule has 2 heterocycles. The highest BCUT2D eigenvalue weighted by Gasteiger charge is 2.17. The maximum Gasteiger partial charge on any atom is 0.0641 e. The van der Waals surface area contributed by atoms with E-state index in [1.165, 1.54) is 22.4 Å². The topological polar surface area (TPSA) is 34.0 Å². The number of hydrogen-bond donors (Lipinski definition) is 0. The molecule has 1 aromatic carbocycles. The van der Waals surface area contributed by atoms with Crippen molar-refractivity contribution in [1.82, 2.24) is 19.7 Å². The molecule has 142 valence electrons. The second-order valence-corrected chi connectivity index (χ2v) is 7.49. The van der Waals surface area contributed by atoms with Gasteiger partial charge in [-0.15, -0.1) is 0 Å². The van der Waals surface area contributed by atoms with Crippen LogP contribution in [-0.4, -0.2) is 26.2 Å². The van der Waals surface area contributed by atoms with Gasteiger partial charge in [0.15, 0.2) is 0 Å². The van der Waals surface area contributed by atoms with Gasteiger partial charge < -0.3 is 0 Å². The molecule has 4 heteroatoms. The van der Waals surface area contributed by atoms with Crippen LogP contribution in [0.15, 0.2) is 54.9 Å². The molecule has 0 spiro atoms. The molecule has 0 unspecified atom stereocenters. The molecule has 0 N–H and O–H groups in total. The molecule has 0 saturated heterocycles. The SMILES string of the molecule is Cc1nn(C(C)C)c(C)c1CN(CCc1ccccc1)Cc1ccncc1. The second kappa shape index (κ2) is 8.96. The number of rotatable bonds is 8. The molecule has 0 fully saturated rings. The van der Waals surface area contributed by atoms with Crippen molar-refractivity contribution in [3.05, 3.63) is 82.9 Å². The van der Waals surface area contributed by atoms with Crippen LogP contribution in [0, 0.1) is 13.8 Å². The third-order valence-corrected chi connectivity index (χ3v) is 5.06. The first kappa shape index (κ1) is 19.3. The molecule has 0 radical (unpaired) electrons. The van der Waals surface area contributed by atoms with E-state index in [0.29, 0.717) is 6.04 Å². The summed E-state index contributed by atoms with van der Waals surface area (Å²) in [6.07, 6.45) is 4.79. The summed E-state index contributed by atoms with van der Waals surface area (Å²) in [6, 6.07) is 15.3. The Morgan fingerprint density at radius 1 is 0.926 bits per heavy atom. The summed E-state index contributed by atoms with van der Waals surface area (Å²) in [4.78, 5) is 6.67. The molecular weight excluding hydrogens is 332 g/mol. The molecule has 0 atom stereocenters. The third-order valence-electron chi connectivity index (χ3n) is 5.06. The minimum atomic E-state index is 0.385. The predicted octanol–water partition coefficient (Wildman–Crippen LogP) is 4.72. The zero-order valence-corrected chi connectivity index (χ0v) is 16.9. The molecular formula is C23H30N4. The van der Waals surface area contributed by atoms with Gasteiger partial charge in [-0.3, -0.25) is 14.6 Å². The summed E-state index contributed by atoms with van der Waals surface area (Å²) in [5.41, 5.74) is 6.45. The first-order valence-corrected chi connectivity index (χ1v) is 9.74. The van der Waals surface area contributed by atoms with E-state index in [2.05, 4.69) is 84.7 Å². The Balaban J connectivity index is 1.79. The molecule has 0 aliphatic heterocycles. The molecule has 3 rings (SSSR count). The second-order valence-electron chi connectivity index (χ2n) is 7.49. The van der Waals surface area contributed by atoms with Crippen molar-refractivity contribution in [2.24, 2.45) is 0 Å². The third kappa shape index (κ3) is 5.04. The summed E-state index contributed by atoms with van der Waals surface area (Å²) < 4.78 is 2.15. The summed E-state index contributed by atoms with van der Waals surface area (Å²) >= 11 is 0. The van der Waals surface area contributed by atoms with Gasteiger partial charge in [0.2, 0.25) is 0 Å². The van der Waals surface area contributed by atoms with Crippen LogP contribution in [-0.2, 0) is 19.5 Å². The number of aryl methyl sites for hydroxylation is 1. The predicted molar refractivity (Wildman–Crippen MR) is 111 cm³/mol. The Bertz CT molecular complexity index is 838. The summed E-state index contributed by atoms with van der Waals surface area (Å²) in [6.45, 7) is 11.5. The first-order valence-electron chi connectivity index (χ1n) is 9.74. The zero-order chi connectivity index (χ0) is 19.2. The monoisotopic (exact) mass is 362 g/mol. The van der Waals surface area contributed by atoms with Crippen molar-refractivity contribution < 1.29 is 0 Å². The highest BCUT2D eigenvalue weighted by Crippen LogP contribution is 2.20. The van der Waals surface area contributed by atoms with E-state index in [1.54, 1.807) is 0 Å². The van der Waals surface area contributed by atoms with E-state index in [-0.39, 0.29) is 0 Å². The lowest BCUT2D eigenvalue weighted by molar-refractivity contribution is 0.259. The molecule has 0 aliphatic rings. The number of hydrogen-bond acceptors (Lipinski definition) is 3. The number of pyridine rings is 1. The van der Waals surface area contributed by atoms with E-state index in [4.69, 9.17) is 5.10 Å². The van der Waals surface area contributed by atoms with Crippen LogP contribution < -0.4 is 0 Å². The highest BCUT2D eigenvalue weighted by atomic mass is 15.3. The lowest BCUT2D eigenvalue weighted by atomic mass is 10.1. The van der Waals surface area contributed by atoms with Crippen LogP contribution in [0.3, 0.4) is 0 Å². The average Bonchev–Trinajstić information content (AvgIpc) is 2.96. The van der Waals surface area contributed by atoms with Gasteiger partial charge in [-0.25, -0.2) is 0 Å². The van der Waals surface area contributed by atoms with Gasteiger partial charge in [-0.2, -0.15) is 5.10 Å². The van der Waals surface area contributed by atoms with Crippen molar-refractivity contribution in [2.45, 2.75) is 53.2 Å². The minimum Gasteiger partial charge on any atom is -0.294 e. The Morgan fingerprint density at radius 3 is 2.26 bits per heavy atom. The van der Waals surface area contributed by atoms with Crippen molar-refractivity contribution >= 4 is 0 Å². The highest BCUT2D eigenvalue weighted by molar-refractivity contribution is 5.25. The molecule has 0 aliphatic carbocycles. The average molecular weight is 363 g/mol. The largest absolute Gasteiger partial charge is 0.294 e. The van der Waals surface area contributed by atoms with Crippen LogP contribution in [0.25, 0.3) is 0 Å². The molecule has 4 nitrogen and oxygen atoms in total. The lowest BCUT2D eigenvalue weighted by Crippen LogP contribution is -2.26. The van der Waals surface area contributed by atoms with Gasteiger partial charge in [0.1, 0.15) is 0 Å². The molecule has 0 saturated carbocycles. The van der Waals surface area contributed by atoms with Crippen molar-refractivity contribution in [3.63, 3.8) is 0 Å². The first-order chi connectivity index (χ1) is 13.0. The van der Waals surface area contributed by atoms with Crippen LogP contribution in [0.5, 0.6) is 0 Å². The van der Waals surface area contributed by atoms with E-state index in [1.807, 2.05) is 12.4 Å². The van der Waals surface area contributed by atoms with Crippen LogP contribution >= 0.6 is 0 Å². The molecule has 0 amide bonds. The maximum atomic E-state index is 4.77. The normalized spacial score (nSPS) is 11.5. The van der Waals surface area contributed by atoms with E-state index in [0.717, 1.165) is 31.7 Å². The number of aromatic nitrogens is 3. The number of nitrogens with zero attached hydrogens (tertiary/aromatic N) is 4. The van der Waals surface area contributed by atoms with Crippen LogP contribution in [0.2, 0.25) is 0 Å². The van der Waals surface area contributed by atoms with Crippen molar-refractivity contribution in [2.75, 3.05) is 6.54 Å². The fraction of sp³-hybridized carbons (Fsp3) is 0.391. The van der Waals surface area contributed by atoms with Gasteiger partial charge in [-0.1, -0.05) is 30.3 Å². The van der Waals surface area contributed by atoms with Gasteiger partial charge in [0, 0.05) is 49.3 Å². The Labute approximate surface area is 162 Å². The maximum absolute atomic E-state index is 4.77. The smallest absolute Gasteiger partial charge is 0.0641 e. The summed E-state index contributed by atoms with van der Waals surface area (Å²) in [5, 5.41) is 4.77.